The summed E-state index contributed by atoms with van der Waals surface area (Å²) >= 11 is 0. The first kappa shape index (κ1) is 9.10. The Labute approximate surface area is 38.3 Å². The molecule has 0 spiro atoms. The Kier molecular flexibility index (Phi) is 11.5. The summed E-state index contributed by atoms with van der Waals surface area (Å²) in [6.07, 6.45) is 0. The van der Waals surface area contributed by atoms with E-state index in [1.54, 1.807) is 0 Å². The Hall–Kier alpha value is -1.49. The SMILES string of the molecule is N[N+](=O)[O-].[N-]=[N+]=[N-]. The van der Waals surface area contributed by atoms with Gasteiger partial charge in [0.1, 0.15) is 0 Å². The van der Waals surface area contributed by atoms with Gasteiger partial charge in [-0.3, -0.25) is 4.91 Å². The van der Waals surface area contributed by atoms with Crippen LogP contribution in [0.2, 0.25) is 0 Å². The van der Waals surface area contributed by atoms with Crippen molar-refractivity contribution in [1.29, 1.82) is 0 Å². The predicted molar refractivity (Wildman–Crippen MR) is 21.3 cm³/mol. The summed E-state index contributed by atoms with van der Waals surface area (Å²) in [5.74, 6) is 3.83. The van der Waals surface area contributed by atoms with Gasteiger partial charge in [-0.2, -0.15) is 5.84 Å². The van der Waals surface area contributed by atoms with E-state index in [4.69, 9.17) is 21.2 Å². The normalized spacial score (nSPS) is 4.57. The number of nitrogens with two attached hydrogens (primary N) is 1. The zero-order valence-corrected chi connectivity index (χ0v) is 3.18. The molecule has 2 N–H and O–H groups in total. The van der Waals surface area contributed by atoms with Crippen LogP contribution in [-0.4, -0.2) is 5.03 Å². The Morgan fingerprint density at radius 3 is 1.71 bits per heavy atom. The number of hydrogen-bond donors (Lipinski definition) is 1. The van der Waals surface area contributed by atoms with E-state index in [9.17, 15) is 0 Å². The van der Waals surface area contributed by atoms with E-state index in [2.05, 4.69) is 5.84 Å². The van der Waals surface area contributed by atoms with Crippen LogP contribution in [0.3, 0.4) is 0 Å². The van der Waals surface area contributed by atoms with Crippen LogP contribution in [0, 0.1) is 10.1 Å². The highest BCUT2D eigenvalue weighted by atomic mass is 16.7. The lowest BCUT2D eigenvalue weighted by molar-refractivity contribution is -0.491. The molecular weight excluding hydrogens is 102 g/mol. The topological polar surface area (TPSA) is 128 Å². The summed E-state index contributed by atoms with van der Waals surface area (Å²) in [7, 11) is 0. The Bertz CT molecular complexity index is 74.1. The molecule has 0 aromatic rings. The first-order valence-electron chi connectivity index (χ1n) is 1.02. The number of nitrogens with zero attached hydrogens (tertiary/aromatic N) is 4. The third kappa shape index (κ3) is 12.8. The molecule has 0 aliphatic carbocycles. The first-order chi connectivity index (χ1) is 3.15. The van der Waals surface area contributed by atoms with Crippen molar-refractivity contribution in [3.8, 4) is 0 Å². The molecule has 7 heteroatoms. The second-order valence-corrected chi connectivity index (χ2v) is 0.375. The Morgan fingerprint density at radius 1 is 1.71 bits per heavy atom. The maximum absolute atomic E-state index is 8.58. The zero-order valence-electron chi connectivity index (χ0n) is 3.18. The molecule has 0 saturated heterocycles. The molecule has 0 rings (SSSR count). The second kappa shape index (κ2) is 8.82. The zero-order chi connectivity index (χ0) is 6.28. The number of rotatable bonds is 0. The maximum Gasteiger partial charge on any atom is 0.154 e. The van der Waals surface area contributed by atoms with E-state index in [-0.39, 0.29) is 0 Å². The van der Waals surface area contributed by atoms with Gasteiger partial charge in [0.25, 0.3) is 0 Å². The molecule has 0 heterocycles. The lowest BCUT2D eigenvalue weighted by Crippen LogP contribution is -2.04. The van der Waals surface area contributed by atoms with Crippen molar-refractivity contribution in [3.63, 3.8) is 0 Å². The molecule has 0 aliphatic rings. The highest BCUT2D eigenvalue weighted by Gasteiger charge is 1.57. The van der Waals surface area contributed by atoms with Crippen molar-refractivity contribution in [2.45, 2.75) is 0 Å². The van der Waals surface area contributed by atoms with E-state index in [0.717, 1.165) is 0 Å². The molecule has 0 saturated carbocycles. The molecule has 0 bridgehead atoms. The van der Waals surface area contributed by atoms with Crippen LogP contribution in [0.15, 0.2) is 0 Å². The van der Waals surface area contributed by atoms with Gasteiger partial charge in [-0.05, 0) is 0 Å². The average Bonchev–Trinajstić information content (AvgIpc) is 1.33. The molecule has 0 aromatic carbocycles. The fraction of sp³-hybridized carbons (Fsp3) is 0. The first-order valence-corrected chi connectivity index (χ1v) is 1.02. The van der Waals surface area contributed by atoms with Crippen LogP contribution in [0.1, 0.15) is 0 Å². The monoisotopic (exact) mass is 104 g/mol. The van der Waals surface area contributed by atoms with Gasteiger partial charge in [0.15, 0.2) is 5.03 Å². The summed E-state index contributed by atoms with van der Waals surface area (Å²) < 4.78 is 0. The molecule has 0 fully saturated rings. The van der Waals surface area contributed by atoms with E-state index in [1.165, 1.54) is 4.91 Å². The predicted octanol–water partition coefficient (Wildman–Crippen LogP) is 0.00290. The molecule has 0 amide bonds. The van der Waals surface area contributed by atoms with Crippen molar-refractivity contribution in [1.82, 2.24) is 0 Å². The summed E-state index contributed by atoms with van der Waals surface area (Å²) in [6, 6.07) is 0. The van der Waals surface area contributed by atoms with Gasteiger partial charge in [-0.15, -0.1) is 0 Å². The van der Waals surface area contributed by atoms with Crippen molar-refractivity contribution in [2.75, 3.05) is 0 Å². The number of hydrazine groups is 1. The molecular formula is H2N5O2-. The highest BCUT2D eigenvalue weighted by Crippen LogP contribution is 1.29. The third-order valence-corrected chi connectivity index (χ3v) is 0. The van der Waals surface area contributed by atoms with Crippen LogP contribution in [0.5, 0.6) is 0 Å². The van der Waals surface area contributed by atoms with Crippen LogP contribution < -0.4 is 5.84 Å². The van der Waals surface area contributed by atoms with Crippen molar-refractivity contribution < 1.29 is 5.03 Å². The lowest BCUT2D eigenvalue weighted by atomic mass is 12.8. The lowest BCUT2D eigenvalue weighted by Gasteiger charge is -1.61. The number of nitro groups is 1. The largest absolute Gasteiger partial charge is 0.373 e. The minimum Gasteiger partial charge on any atom is -0.373 e. The minimum atomic E-state index is -1.00. The van der Waals surface area contributed by atoms with Gasteiger partial charge in [0.05, 0.1) is 0 Å². The van der Waals surface area contributed by atoms with Gasteiger partial charge in [0.2, 0.25) is 0 Å². The van der Waals surface area contributed by atoms with E-state index in [1.807, 2.05) is 0 Å². The van der Waals surface area contributed by atoms with Crippen molar-refractivity contribution in [2.24, 2.45) is 5.84 Å². The smallest absolute Gasteiger partial charge is 0.154 e. The summed E-state index contributed by atoms with van der Waals surface area (Å²) in [5, 5.41) is 7.58. The quantitative estimate of drug-likeness (QED) is 0.116. The highest BCUT2D eigenvalue weighted by molar-refractivity contribution is 4.36. The van der Waals surface area contributed by atoms with Crippen LogP contribution >= 0.6 is 0 Å². The van der Waals surface area contributed by atoms with Crippen LogP contribution in [0.4, 0.5) is 0 Å². The molecule has 40 valence electrons. The summed E-state index contributed by atoms with van der Waals surface area (Å²) in [6.45, 7) is 0. The van der Waals surface area contributed by atoms with Gasteiger partial charge in [-0.1, -0.05) is 0 Å². The Balaban J connectivity index is 0. The number of hydrogen-bond acceptors (Lipinski definition) is 2. The summed E-state index contributed by atoms with van der Waals surface area (Å²) in [4.78, 5) is 10.1. The molecule has 0 aliphatic heterocycles. The molecule has 0 atom stereocenters. The van der Waals surface area contributed by atoms with Gasteiger partial charge in [-0.25, -0.2) is 10.1 Å². The van der Waals surface area contributed by atoms with Crippen molar-refractivity contribution in [3.05, 3.63) is 26.1 Å². The second-order valence-electron chi connectivity index (χ2n) is 0.375. The fourth-order valence-corrected chi connectivity index (χ4v) is 0. The van der Waals surface area contributed by atoms with Crippen LogP contribution in [-0.2, 0) is 0 Å². The molecule has 0 aromatic heterocycles. The van der Waals surface area contributed by atoms with E-state index >= 15 is 0 Å². The fourth-order valence-electron chi connectivity index (χ4n) is 0. The van der Waals surface area contributed by atoms with Crippen molar-refractivity contribution >= 4 is 0 Å². The minimum absolute atomic E-state index is 1.00. The van der Waals surface area contributed by atoms with Gasteiger partial charge in [0, 0.05) is 0 Å². The maximum atomic E-state index is 8.58. The Morgan fingerprint density at radius 2 is 1.71 bits per heavy atom. The molecule has 0 unspecified atom stereocenters. The van der Waals surface area contributed by atoms with Gasteiger partial charge < -0.3 is 11.1 Å². The van der Waals surface area contributed by atoms with E-state index < -0.39 is 5.03 Å². The van der Waals surface area contributed by atoms with Gasteiger partial charge >= 0.3 is 0 Å². The average molecular weight is 104 g/mol. The molecule has 0 radical (unpaired) electrons. The van der Waals surface area contributed by atoms with E-state index in [0.29, 0.717) is 0 Å². The third-order valence-electron chi connectivity index (χ3n) is 0. The molecule has 7 heavy (non-hydrogen) atoms. The van der Waals surface area contributed by atoms with Crippen LogP contribution in [0.25, 0.3) is 16.0 Å². The molecule has 7 nitrogen and oxygen atoms in total. The standard InChI is InChI=1S/N3.H2N2O2/c1-3-2;1-2(3)4/h;1H2/q-1;. The summed E-state index contributed by atoms with van der Waals surface area (Å²) in [5.41, 5.74) is 13.5.